The Balaban J connectivity index is 1.74. The maximum atomic E-state index is 12.7. The number of nitrogens with zero attached hydrogens (tertiary/aromatic N) is 3. The summed E-state index contributed by atoms with van der Waals surface area (Å²) in [5, 5.41) is 4.58. The van der Waals surface area contributed by atoms with E-state index in [-0.39, 0.29) is 18.0 Å². The van der Waals surface area contributed by atoms with Crippen molar-refractivity contribution >= 4 is 28.2 Å². The van der Waals surface area contributed by atoms with E-state index in [0.717, 1.165) is 30.6 Å². The van der Waals surface area contributed by atoms with Crippen LogP contribution in [0.15, 0.2) is 22.4 Å². The summed E-state index contributed by atoms with van der Waals surface area (Å²) in [6.07, 6.45) is 6.45. The van der Waals surface area contributed by atoms with Gasteiger partial charge in [-0.3, -0.25) is 18.9 Å². The molecule has 2 aromatic rings. The van der Waals surface area contributed by atoms with Crippen molar-refractivity contribution < 1.29 is 9.59 Å². The fourth-order valence-corrected chi connectivity index (χ4v) is 3.83. The molecule has 3 heterocycles. The van der Waals surface area contributed by atoms with Gasteiger partial charge in [-0.25, -0.2) is 9.78 Å². The highest BCUT2D eigenvalue weighted by Crippen LogP contribution is 2.25. The van der Waals surface area contributed by atoms with Crippen LogP contribution in [0.25, 0.3) is 4.96 Å². The minimum absolute atomic E-state index is 0.0128. The molecule has 1 saturated heterocycles. The van der Waals surface area contributed by atoms with E-state index in [4.69, 9.17) is 0 Å². The van der Waals surface area contributed by atoms with Crippen molar-refractivity contribution in [3.63, 3.8) is 0 Å². The summed E-state index contributed by atoms with van der Waals surface area (Å²) < 4.78 is 1.44. The predicted molar refractivity (Wildman–Crippen MR) is 95.6 cm³/mol. The lowest BCUT2D eigenvalue weighted by atomic mass is 9.94. The Bertz CT molecular complexity index is 859. The Labute approximate surface area is 149 Å². The second-order valence-corrected chi connectivity index (χ2v) is 7.48. The molecule has 0 saturated carbocycles. The summed E-state index contributed by atoms with van der Waals surface area (Å²) in [6.45, 7) is 3.91. The predicted octanol–water partition coefficient (Wildman–Crippen LogP) is 2.54. The number of carbonyl (C=O) groups is 2. The van der Waals surface area contributed by atoms with Gasteiger partial charge in [0.05, 0.1) is 12.2 Å². The van der Waals surface area contributed by atoms with Crippen LogP contribution in [0.5, 0.6) is 0 Å². The van der Waals surface area contributed by atoms with Gasteiger partial charge in [0.1, 0.15) is 5.54 Å². The quantitative estimate of drug-likeness (QED) is 0.606. The summed E-state index contributed by atoms with van der Waals surface area (Å²) in [4.78, 5) is 43.2. The van der Waals surface area contributed by atoms with Crippen LogP contribution >= 0.6 is 11.3 Å². The molecule has 0 aliphatic carbocycles. The van der Waals surface area contributed by atoms with Gasteiger partial charge in [-0.2, -0.15) is 0 Å². The van der Waals surface area contributed by atoms with Gasteiger partial charge in [0.2, 0.25) is 0 Å². The first-order valence-corrected chi connectivity index (χ1v) is 9.42. The van der Waals surface area contributed by atoms with Gasteiger partial charge in [0.25, 0.3) is 11.5 Å². The molecule has 3 rings (SSSR count). The van der Waals surface area contributed by atoms with E-state index in [0.29, 0.717) is 17.1 Å². The molecule has 8 heteroatoms. The van der Waals surface area contributed by atoms with Crippen molar-refractivity contribution in [3.8, 4) is 0 Å². The topological polar surface area (TPSA) is 83.8 Å². The second-order valence-electron chi connectivity index (χ2n) is 6.61. The number of hydrogen-bond donors (Lipinski definition) is 1. The van der Waals surface area contributed by atoms with E-state index < -0.39 is 11.6 Å². The van der Waals surface area contributed by atoms with Gasteiger partial charge in [-0.1, -0.05) is 32.6 Å². The van der Waals surface area contributed by atoms with Gasteiger partial charge in [-0.05, 0) is 13.3 Å². The van der Waals surface area contributed by atoms with E-state index in [1.807, 2.05) is 0 Å². The van der Waals surface area contributed by atoms with Crippen LogP contribution in [-0.2, 0) is 11.3 Å². The molecule has 1 fully saturated rings. The third-order valence-corrected chi connectivity index (χ3v) is 5.31. The summed E-state index contributed by atoms with van der Waals surface area (Å²) in [5.74, 6) is -0.248. The van der Waals surface area contributed by atoms with Gasteiger partial charge in [0, 0.05) is 17.6 Å². The Morgan fingerprint density at radius 2 is 2.04 bits per heavy atom. The van der Waals surface area contributed by atoms with Crippen LogP contribution in [0.2, 0.25) is 0 Å². The Kier molecular flexibility index (Phi) is 4.89. The van der Waals surface area contributed by atoms with Crippen LogP contribution in [0.4, 0.5) is 4.79 Å². The minimum Gasteiger partial charge on any atom is -0.323 e. The smallest absolute Gasteiger partial charge is 0.323 e. The largest absolute Gasteiger partial charge is 0.325 e. The van der Waals surface area contributed by atoms with Crippen molar-refractivity contribution in [1.29, 1.82) is 0 Å². The van der Waals surface area contributed by atoms with E-state index >= 15 is 0 Å². The molecule has 1 atom stereocenters. The Morgan fingerprint density at radius 3 is 2.80 bits per heavy atom. The zero-order chi connectivity index (χ0) is 18.0. The Morgan fingerprint density at radius 1 is 1.24 bits per heavy atom. The zero-order valence-corrected chi connectivity index (χ0v) is 15.3. The zero-order valence-electron chi connectivity index (χ0n) is 14.4. The van der Waals surface area contributed by atoms with Crippen molar-refractivity contribution in [2.45, 2.75) is 58.0 Å². The van der Waals surface area contributed by atoms with E-state index in [1.54, 1.807) is 18.5 Å². The number of amides is 3. The number of thiazole rings is 1. The molecule has 3 amide bonds. The number of hydrogen-bond acceptors (Lipinski definition) is 5. The summed E-state index contributed by atoms with van der Waals surface area (Å²) in [6, 6.07) is 0.952. The number of aromatic nitrogens is 2. The molecule has 134 valence electrons. The van der Waals surface area contributed by atoms with Crippen LogP contribution in [0.1, 0.15) is 51.6 Å². The third kappa shape index (κ3) is 3.44. The summed E-state index contributed by atoms with van der Waals surface area (Å²) in [7, 11) is 0. The lowest BCUT2D eigenvalue weighted by molar-refractivity contribution is -0.131. The molecule has 7 nitrogen and oxygen atoms in total. The van der Waals surface area contributed by atoms with Crippen molar-refractivity contribution in [2.24, 2.45) is 0 Å². The van der Waals surface area contributed by atoms with Crippen LogP contribution in [0.3, 0.4) is 0 Å². The molecule has 2 aromatic heterocycles. The van der Waals surface area contributed by atoms with Crippen LogP contribution < -0.4 is 10.9 Å². The number of unbranched alkanes of at least 4 members (excludes halogenated alkanes) is 3. The summed E-state index contributed by atoms with van der Waals surface area (Å²) in [5.41, 5.74) is -0.658. The van der Waals surface area contributed by atoms with Crippen molar-refractivity contribution in [3.05, 3.63) is 33.7 Å². The first-order valence-electron chi connectivity index (χ1n) is 8.54. The average molecular weight is 362 g/mol. The summed E-state index contributed by atoms with van der Waals surface area (Å²) >= 11 is 1.34. The molecule has 25 heavy (non-hydrogen) atoms. The number of rotatable bonds is 7. The lowest BCUT2D eigenvalue weighted by Gasteiger charge is -2.21. The average Bonchev–Trinajstić information content (AvgIpc) is 3.11. The van der Waals surface area contributed by atoms with Crippen LogP contribution in [-0.4, -0.2) is 31.8 Å². The minimum atomic E-state index is -0.868. The highest BCUT2D eigenvalue weighted by Gasteiger charge is 2.47. The van der Waals surface area contributed by atoms with Gasteiger partial charge in [-0.15, -0.1) is 11.3 Å². The van der Waals surface area contributed by atoms with Gasteiger partial charge >= 0.3 is 6.03 Å². The molecule has 0 aromatic carbocycles. The number of fused-ring (bicyclic) bond motifs is 1. The molecule has 0 spiro atoms. The van der Waals surface area contributed by atoms with Crippen molar-refractivity contribution in [2.75, 3.05) is 0 Å². The maximum Gasteiger partial charge on any atom is 0.325 e. The fourth-order valence-electron chi connectivity index (χ4n) is 3.10. The Hall–Kier alpha value is -2.22. The molecule has 1 N–H and O–H groups in total. The monoisotopic (exact) mass is 362 g/mol. The molecule has 1 aliphatic heterocycles. The maximum absolute atomic E-state index is 12.7. The number of carbonyl (C=O) groups excluding carboxylic acids is 2. The molecule has 1 aliphatic rings. The standard InChI is InChI=1S/C17H22N4O3S/c1-3-4-5-6-7-17(2)14(23)21(15(24)19-17)11-12-10-13(22)20-8-9-25-16(20)18-12/h8-10H,3-7,11H2,1-2H3,(H,19,24). The van der Waals surface area contributed by atoms with Crippen molar-refractivity contribution in [1.82, 2.24) is 19.6 Å². The first-order chi connectivity index (χ1) is 11.9. The molecule has 0 radical (unpaired) electrons. The normalized spacial score (nSPS) is 20.5. The highest BCUT2D eigenvalue weighted by atomic mass is 32.1. The van der Waals surface area contributed by atoms with E-state index in [2.05, 4.69) is 17.2 Å². The van der Waals surface area contributed by atoms with E-state index in [1.165, 1.54) is 21.8 Å². The third-order valence-electron chi connectivity index (χ3n) is 4.55. The van der Waals surface area contributed by atoms with Gasteiger partial charge < -0.3 is 5.32 Å². The molecule has 1 unspecified atom stereocenters. The number of urea groups is 1. The molecule has 0 bridgehead atoms. The first kappa shape index (κ1) is 17.6. The van der Waals surface area contributed by atoms with E-state index in [9.17, 15) is 14.4 Å². The molecular formula is C17H22N4O3S. The lowest BCUT2D eigenvalue weighted by Crippen LogP contribution is -2.43. The number of nitrogens with one attached hydrogen (secondary N) is 1. The van der Waals surface area contributed by atoms with Gasteiger partial charge in [0.15, 0.2) is 4.96 Å². The SMILES string of the molecule is CCCCCCC1(C)NC(=O)N(Cc2cc(=O)n3ccsc3n2)C1=O. The number of imide groups is 1. The molecular weight excluding hydrogens is 340 g/mol. The highest BCUT2D eigenvalue weighted by molar-refractivity contribution is 7.15. The van der Waals surface area contributed by atoms with Crippen LogP contribution in [0, 0.1) is 0 Å². The fraction of sp³-hybridized carbons (Fsp3) is 0.529. The second kappa shape index (κ2) is 6.95.